The van der Waals surface area contributed by atoms with E-state index in [1.165, 1.54) is 0 Å². The molecule has 1 atom stereocenters. The SMILES string of the molecule is Cc1ccc(S(=O)(=O)NCCNC(=O)C2CC23CCNCC3)cc1.Cl. The van der Waals surface area contributed by atoms with Crippen molar-refractivity contribution in [2.75, 3.05) is 26.2 Å². The summed E-state index contributed by atoms with van der Waals surface area (Å²) in [6.07, 6.45) is 3.09. The Hall–Kier alpha value is -1.15. The van der Waals surface area contributed by atoms with Crippen LogP contribution in [0.5, 0.6) is 0 Å². The number of piperidine rings is 1. The number of benzene rings is 1. The van der Waals surface area contributed by atoms with Crippen LogP contribution in [0.1, 0.15) is 24.8 Å². The van der Waals surface area contributed by atoms with E-state index in [2.05, 4.69) is 15.4 Å². The zero-order valence-corrected chi connectivity index (χ0v) is 16.0. The molecule has 1 saturated carbocycles. The topological polar surface area (TPSA) is 87.3 Å². The first-order valence-electron chi connectivity index (χ1n) is 8.48. The minimum absolute atomic E-state index is 0. The van der Waals surface area contributed by atoms with Crippen LogP contribution in [0.2, 0.25) is 0 Å². The highest BCUT2D eigenvalue weighted by Crippen LogP contribution is 2.58. The number of amides is 1. The van der Waals surface area contributed by atoms with Gasteiger partial charge in [0.15, 0.2) is 0 Å². The summed E-state index contributed by atoms with van der Waals surface area (Å²) in [5, 5.41) is 6.18. The van der Waals surface area contributed by atoms with E-state index in [0.29, 0.717) is 6.54 Å². The van der Waals surface area contributed by atoms with E-state index < -0.39 is 10.0 Å². The Morgan fingerprint density at radius 2 is 1.84 bits per heavy atom. The lowest BCUT2D eigenvalue weighted by molar-refractivity contribution is -0.123. The lowest BCUT2D eigenvalue weighted by Crippen LogP contribution is -2.37. The smallest absolute Gasteiger partial charge is 0.240 e. The van der Waals surface area contributed by atoms with Crippen molar-refractivity contribution in [3.63, 3.8) is 0 Å². The predicted molar refractivity (Wildman–Crippen MR) is 99.3 cm³/mol. The molecular weight excluding hydrogens is 362 g/mol. The Morgan fingerprint density at radius 1 is 1.20 bits per heavy atom. The van der Waals surface area contributed by atoms with Crippen LogP contribution < -0.4 is 15.4 Å². The molecule has 0 bridgehead atoms. The fourth-order valence-electron chi connectivity index (χ4n) is 3.49. The van der Waals surface area contributed by atoms with E-state index in [1.807, 2.05) is 6.92 Å². The van der Waals surface area contributed by atoms with Crippen molar-refractivity contribution in [2.45, 2.75) is 31.1 Å². The lowest BCUT2D eigenvalue weighted by Gasteiger charge is -2.23. The summed E-state index contributed by atoms with van der Waals surface area (Å²) < 4.78 is 26.8. The largest absolute Gasteiger partial charge is 0.355 e. The van der Waals surface area contributed by atoms with Crippen LogP contribution in [0.15, 0.2) is 29.2 Å². The number of carbonyl (C=O) groups is 1. The maximum Gasteiger partial charge on any atom is 0.240 e. The van der Waals surface area contributed by atoms with Crippen molar-refractivity contribution >= 4 is 28.3 Å². The Labute approximate surface area is 155 Å². The fourth-order valence-corrected chi connectivity index (χ4v) is 4.52. The number of halogens is 1. The van der Waals surface area contributed by atoms with Crippen LogP contribution in [0.4, 0.5) is 0 Å². The standard InChI is InChI=1S/C17H25N3O3S.ClH/c1-13-2-4-14(5-3-13)24(22,23)20-11-10-19-16(21)15-12-17(15)6-8-18-9-7-17;/h2-5,15,18,20H,6-12H2,1H3,(H,19,21);1H. The molecule has 2 fully saturated rings. The van der Waals surface area contributed by atoms with Gasteiger partial charge in [0.25, 0.3) is 0 Å². The summed E-state index contributed by atoms with van der Waals surface area (Å²) in [4.78, 5) is 12.4. The third-order valence-corrected chi connectivity index (χ3v) is 6.63. The first-order chi connectivity index (χ1) is 11.4. The second-order valence-corrected chi connectivity index (χ2v) is 8.64. The van der Waals surface area contributed by atoms with Gasteiger partial charge in [0.05, 0.1) is 4.90 Å². The Balaban J connectivity index is 0.00000225. The molecule has 1 aliphatic heterocycles. The van der Waals surface area contributed by atoms with Crippen molar-refractivity contribution in [1.82, 2.24) is 15.4 Å². The molecule has 1 saturated heterocycles. The van der Waals surface area contributed by atoms with Crippen molar-refractivity contribution < 1.29 is 13.2 Å². The van der Waals surface area contributed by atoms with E-state index >= 15 is 0 Å². The van der Waals surface area contributed by atoms with Crippen LogP contribution >= 0.6 is 12.4 Å². The van der Waals surface area contributed by atoms with Gasteiger partial charge in [-0.1, -0.05) is 17.7 Å². The molecule has 1 aromatic carbocycles. The maximum atomic E-state index is 12.2. The monoisotopic (exact) mass is 387 g/mol. The van der Waals surface area contributed by atoms with Gasteiger partial charge in [0.1, 0.15) is 0 Å². The third kappa shape index (κ3) is 4.73. The van der Waals surface area contributed by atoms with Crippen LogP contribution in [-0.2, 0) is 14.8 Å². The van der Waals surface area contributed by atoms with Crippen molar-refractivity contribution in [3.05, 3.63) is 29.8 Å². The van der Waals surface area contributed by atoms with Crippen molar-refractivity contribution in [2.24, 2.45) is 11.3 Å². The second-order valence-electron chi connectivity index (χ2n) is 6.87. The molecule has 140 valence electrons. The number of carbonyl (C=O) groups excluding carboxylic acids is 1. The number of nitrogens with one attached hydrogen (secondary N) is 3. The zero-order chi connectivity index (χ0) is 17.2. The molecule has 8 heteroatoms. The van der Waals surface area contributed by atoms with Gasteiger partial charge < -0.3 is 10.6 Å². The summed E-state index contributed by atoms with van der Waals surface area (Å²) in [7, 11) is -3.52. The maximum absolute atomic E-state index is 12.2. The van der Waals surface area contributed by atoms with Gasteiger partial charge >= 0.3 is 0 Å². The predicted octanol–water partition coefficient (Wildman–Crippen LogP) is 1.20. The molecule has 1 amide bonds. The number of aryl methyl sites for hydroxylation is 1. The highest BCUT2D eigenvalue weighted by molar-refractivity contribution is 7.89. The Bertz CT molecular complexity index is 700. The summed E-state index contributed by atoms with van der Waals surface area (Å²) >= 11 is 0. The minimum Gasteiger partial charge on any atom is -0.355 e. The van der Waals surface area contributed by atoms with E-state index in [0.717, 1.165) is 37.9 Å². The van der Waals surface area contributed by atoms with Gasteiger partial charge in [0.2, 0.25) is 15.9 Å². The van der Waals surface area contributed by atoms with E-state index in [9.17, 15) is 13.2 Å². The molecule has 1 heterocycles. The fraction of sp³-hybridized carbons (Fsp3) is 0.588. The minimum atomic E-state index is -3.52. The molecule has 3 rings (SSSR count). The molecule has 6 nitrogen and oxygen atoms in total. The molecule has 25 heavy (non-hydrogen) atoms. The number of rotatable bonds is 6. The van der Waals surface area contributed by atoms with Crippen LogP contribution in [-0.4, -0.2) is 40.5 Å². The first-order valence-corrected chi connectivity index (χ1v) is 9.96. The van der Waals surface area contributed by atoms with Crippen molar-refractivity contribution in [1.29, 1.82) is 0 Å². The Morgan fingerprint density at radius 3 is 2.48 bits per heavy atom. The summed E-state index contributed by atoms with van der Waals surface area (Å²) in [6.45, 7) is 4.39. The molecule has 3 N–H and O–H groups in total. The van der Waals surface area contributed by atoms with Gasteiger partial charge in [0, 0.05) is 19.0 Å². The first kappa shape index (κ1) is 20.2. The zero-order valence-electron chi connectivity index (χ0n) is 14.4. The van der Waals surface area contributed by atoms with Gasteiger partial charge in [-0.3, -0.25) is 4.79 Å². The van der Waals surface area contributed by atoms with Crippen LogP contribution in [0, 0.1) is 18.3 Å². The molecule has 0 aromatic heterocycles. The average Bonchev–Trinajstić information content (AvgIpc) is 3.25. The average molecular weight is 388 g/mol. The molecule has 1 aliphatic carbocycles. The highest BCUT2D eigenvalue weighted by Gasteiger charge is 2.57. The van der Waals surface area contributed by atoms with Gasteiger partial charge in [-0.2, -0.15) is 0 Å². The number of sulfonamides is 1. The third-order valence-electron chi connectivity index (χ3n) is 5.15. The molecule has 0 radical (unpaired) electrons. The van der Waals surface area contributed by atoms with Gasteiger partial charge in [-0.05, 0) is 56.8 Å². The van der Waals surface area contributed by atoms with Crippen LogP contribution in [0.3, 0.4) is 0 Å². The molecular formula is C17H26ClN3O3S. The van der Waals surface area contributed by atoms with E-state index in [4.69, 9.17) is 0 Å². The van der Waals surface area contributed by atoms with Gasteiger partial charge in [-0.15, -0.1) is 12.4 Å². The molecule has 1 aromatic rings. The highest BCUT2D eigenvalue weighted by atomic mass is 35.5. The number of hydrogen-bond donors (Lipinski definition) is 3. The van der Waals surface area contributed by atoms with E-state index in [-0.39, 0.29) is 41.1 Å². The quantitative estimate of drug-likeness (QED) is 0.640. The molecule has 1 unspecified atom stereocenters. The summed E-state index contributed by atoms with van der Waals surface area (Å²) in [5.74, 6) is 0.166. The molecule has 2 aliphatic rings. The van der Waals surface area contributed by atoms with Crippen molar-refractivity contribution in [3.8, 4) is 0 Å². The van der Waals surface area contributed by atoms with Gasteiger partial charge in [-0.25, -0.2) is 13.1 Å². The Kier molecular flexibility index (Phi) is 6.48. The number of hydrogen-bond acceptors (Lipinski definition) is 4. The summed E-state index contributed by atoms with van der Waals surface area (Å²) in [6, 6.07) is 6.70. The molecule has 1 spiro atoms. The lowest BCUT2D eigenvalue weighted by atomic mass is 9.92. The normalized spacial score (nSPS) is 21.4. The summed E-state index contributed by atoms with van der Waals surface area (Å²) in [5.41, 5.74) is 1.22. The van der Waals surface area contributed by atoms with Crippen LogP contribution in [0.25, 0.3) is 0 Å². The van der Waals surface area contributed by atoms with E-state index in [1.54, 1.807) is 24.3 Å². The second kappa shape index (κ2) is 8.03.